The van der Waals surface area contributed by atoms with Crippen molar-refractivity contribution in [3.8, 4) is 0 Å². The second-order valence-corrected chi connectivity index (χ2v) is 6.69. The van der Waals surface area contributed by atoms with E-state index in [4.69, 9.17) is 0 Å². The van der Waals surface area contributed by atoms with E-state index < -0.39 is 0 Å². The molecule has 0 spiro atoms. The van der Waals surface area contributed by atoms with Crippen LogP contribution in [0.25, 0.3) is 0 Å². The summed E-state index contributed by atoms with van der Waals surface area (Å²) in [5.41, 5.74) is 1.80. The maximum absolute atomic E-state index is 12.4. The van der Waals surface area contributed by atoms with E-state index in [2.05, 4.69) is 36.1 Å². The number of benzene rings is 1. The number of piperidine rings is 1. The van der Waals surface area contributed by atoms with Gasteiger partial charge in [-0.1, -0.05) is 15.9 Å². The van der Waals surface area contributed by atoms with Gasteiger partial charge < -0.3 is 10.2 Å². The topological polar surface area (TPSA) is 58.1 Å². The lowest BCUT2D eigenvalue weighted by molar-refractivity contribution is -0.120. The van der Waals surface area contributed by atoms with Gasteiger partial charge in [-0.2, -0.15) is 0 Å². The van der Waals surface area contributed by atoms with Gasteiger partial charge in [0.25, 0.3) is 0 Å². The van der Waals surface area contributed by atoms with E-state index in [1.807, 2.05) is 37.3 Å². The number of aryl methyl sites for hydroxylation is 1. The molecule has 1 aromatic heterocycles. The third-order valence-electron chi connectivity index (χ3n) is 4.09. The number of rotatable bonds is 3. The molecule has 0 unspecified atom stereocenters. The van der Waals surface area contributed by atoms with Crippen molar-refractivity contribution in [2.45, 2.75) is 19.8 Å². The number of hydrogen-bond donors (Lipinski definition) is 1. The van der Waals surface area contributed by atoms with Crippen molar-refractivity contribution >= 4 is 33.3 Å². The fourth-order valence-electron chi connectivity index (χ4n) is 2.76. The predicted molar refractivity (Wildman–Crippen MR) is 94.5 cm³/mol. The Morgan fingerprint density at radius 3 is 2.57 bits per heavy atom. The van der Waals surface area contributed by atoms with E-state index in [-0.39, 0.29) is 11.8 Å². The summed E-state index contributed by atoms with van der Waals surface area (Å²) >= 11 is 3.39. The molecule has 1 N–H and O–H groups in total. The van der Waals surface area contributed by atoms with E-state index in [9.17, 15) is 4.79 Å². The van der Waals surface area contributed by atoms with Crippen molar-refractivity contribution in [1.82, 2.24) is 9.97 Å². The van der Waals surface area contributed by atoms with E-state index >= 15 is 0 Å². The quantitative estimate of drug-likeness (QED) is 0.894. The van der Waals surface area contributed by atoms with E-state index in [0.717, 1.165) is 47.6 Å². The number of nitrogens with zero attached hydrogens (tertiary/aromatic N) is 3. The summed E-state index contributed by atoms with van der Waals surface area (Å²) in [5, 5.41) is 3.00. The van der Waals surface area contributed by atoms with Crippen molar-refractivity contribution in [3.05, 3.63) is 46.8 Å². The molecule has 1 fully saturated rings. The monoisotopic (exact) mass is 374 g/mol. The summed E-state index contributed by atoms with van der Waals surface area (Å²) in [6.07, 6.45) is 3.27. The highest BCUT2D eigenvalue weighted by Crippen LogP contribution is 2.23. The first-order valence-corrected chi connectivity index (χ1v) is 8.51. The first-order valence-electron chi connectivity index (χ1n) is 7.72. The van der Waals surface area contributed by atoms with Crippen molar-refractivity contribution < 1.29 is 4.79 Å². The van der Waals surface area contributed by atoms with Crippen molar-refractivity contribution in [2.24, 2.45) is 5.92 Å². The number of anilines is 2. The number of aromatic nitrogens is 2. The zero-order valence-corrected chi connectivity index (χ0v) is 14.6. The lowest BCUT2D eigenvalue weighted by Crippen LogP contribution is -2.38. The van der Waals surface area contributed by atoms with Gasteiger partial charge in [-0.3, -0.25) is 4.79 Å². The minimum Gasteiger partial charge on any atom is -0.356 e. The second-order valence-electron chi connectivity index (χ2n) is 5.78. The number of halogens is 1. The summed E-state index contributed by atoms with van der Waals surface area (Å²) in [6.45, 7) is 3.65. The van der Waals surface area contributed by atoms with Gasteiger partial charge in [-0.15, -0.1) is 0 Å². The third kappa shape index (κ3) is 4.07. The minimum absolute atomic E-state index is 0.0535. The van der Waals surface area contributed by atoms with Crippen LogP contribution in [0.1, 0.15) is 18.5 Å². The first-order chi connectivity index (χ1) is 11.1. The molecular formula is C17H19BrN4O. The number of amides is 1. The van der Waals surface area contributed by atoms with Crippen molar-refractivity contribution in [2.75, 3.05) is 23.3 Å². The smallest absolute Gasteiger partial charge is 0.227 e. The lowest BCUT2D eigenvalue weighted by atomic mass is 9.96. The Morgan fingerprint density at radius 1 is 1.22 bits per heavy atom. The first kappa shape index (κ1) is 15.9. The van der Waals surface area contributed by atoms with Gasteiger partial charge in [0.05, 0.1) is 0 Å². The molecule has 1 amide bonds. The number of carbonyl (C=O) groups is 1. The van der Waals surface area contributed by atoms with E-state index in [0.29, 0.717) is 0 Å². The Hall–Kier alpha value is -1.95. The molecule has 2 aromatic rings. The fourth-order valence-corrected chi connectivity index (χ4v) is 3.03. The van der Waals surface area contributed by atoms with Crippen molar-refractivity contribution in [1.29, 1.82) is 0 Å². The molecule has 23 heavy (non-hydrogen) atoms. The Labute approximate surface area is 144 Å². The van der Waals surface area contributed by atoms with Crippen LogP contribution >= 0.6 is 15.9 Å². The molecule has 1 aliphatic rings. The Balaban J connectivity index is 1.56. The molecule has 2 heterocycles. The average Bonchev–Trinajstić information content (AvgIpc) is 2.57. The summed E-state index contributed by atoms with van der Waals surface area (Å²) < 4.78 is 1.00. The highest BCUT2D eigenvalue weighted by Gasteiger charge is 2.25. The van der Waals surface area contributed by atoms with Crippen LogP contribution in [0.15, 0.2) is 41.1 Å². The van der Waals surface area contributed by atoms with Gasteiger partial charge in [0, 0.05) is 40.9 Å². The lowest BCUT2D eigenvalue weighted by Gasteiger charge is -2.32. The summed E-state index contributed by atoms with van der Waals surface area (Å²) in [7, 11) is 0. The van der Waals surface area contributed by atoms with E-state index in [1.165, 1.54) is 0 Å². The minimum atomic E-state index is 0.0535. The SMILES string of the molecule is Cc1cc(N2CCC(C(=O)Nc3ccc(Br)cc3)CC2)ncn1. The van der Waals surface area contributed by atoms with Gasteiger partial charge in [0.2, 0.25) is 5.91 Å². The Morgan fingerprint density at radius 2 is 1.91 bits per heavy atom. The zero-order chi connectivity index (χ0) is 16.2. The van der Waals surface area contributed by atoms with E-state index in [1.54, 1.807) is 6.33 Å². The number of nitrogens with one attached hydrogen (secondary N) is 1. The van der Waals surface area contributed by atoms with Gasteiger partial charge >= 0.3 is 0 Å². The molecule has 1 saturated heterocycles. The molecule has 120 valence electrons. The standard InChI is InChI=1S/C17H19BrN4O/c1-12-10-16(20-11-19-12)22-8-6-13(7-9-22)17(23)21-15-4-2-14(18)3-5-15/h2-5,10-11,13H,6-9H2,1H3,(H,21,23). The van der Waals surface area contributed by atoms with Crippen LogP contribution in [0.4, 0.5) is 11.5 Å². The van der Waals surface area contributed by atoms with Crippen LogP contribution < -0.4 is 10.2 Å². The molecule has 1 aromatic carbocycles. The molecule has 6 heteroatoms. The maximum atomic E-state index is 12.4. The number of carbonyl (C=O) groups excluding carboxylic acids is 1. The zero-order valence-electron chi connectivity index (χ0n) is 13.0. The maximum Gasteiger partial charge on any atom is 0.227 e. The highest BCUT2D eigenvalue weighted by molar-refractivity contribution is 9.10. The summed E-state index contributed by atoms with van der Waals surface area (Å²) in [6, 6.07) is 9.65. The van der Waals surface area contributed by atoms with Crippen LogP contribution in [-0.4, -0.2) is 29.0 Å². The van der Waals surface area contributed by atoms with Gasteiger partial charge in [-0.25, -0.2) is 9.97 Å². The predicted octanol–water partition coefficient (Wildman–Crippen LogP) is 3.40. The molecule has 0 saturated carbocycles. The van der Waals surface area contributed by atoms with Crippen molar-refractivity contribution in [3.63, 3.8) is 0 Å². The van der Waals surface area contributed by atoms with Crippen LogP contribution in [0.3, 0.4) is 0 Å². The Kier molecular flexibility index (Phi) is 4.91. The molecule has 0 atom stereocenters. The largest absolute Gasteiger partial charge is 0.356 e. The third-order valence-corrected chi connectivity index (χ3v) is 4.62. The van der Waals surface area contributed by atoms with Gasteiger partial charge in [-0.05, 0) is 44.0 Å². The van der Waals surface area contributed by atoms with Gasteiger partial charge in [0.1, 0.15) is 12.1 Å². The second kappa shape index (κ2) is 7.08. The number of hydrogen-bond acceptors (Lipinski definition) is 4. The van der Waals surface area contributed by atoms with Gasteiger partial charge in [0.15, 0.2) is 0 Å². The molecule has 5 nitrogen and oxygen atoms in total. The molecule has 0 aliphatic carbocycles. The molecule has 3 rings (SSSR count). The average molecular weight is 375 g/mol. The summed E-state index contributed by atoms with van der Waals surface area (Å²) in [4.78, 5) is 23.0. The molecule has 0 bridgehead atoms. The molecule has 1 aliphatic heterocycles. The fraction of sp³-hybridized carbons (Fsp3) is 0.353. The summed E-state index contributed by atoms with van der Waals surface area (Å²) in [5.74, 6) is 1.10. The normalized spacial score (nSPS) is 15.5. The molecular weight excluding hydrogens is 356 g/mol. The van der Waals surface area contributed by atoms with Crippen LogP contribution in [0.5, 0.6) is 0 Å². The Bertz CT molecular complexity index is 681. The van der Waals surface area contributed by atoms with Crippen LogP contribution in [-0.2, 0) is 4.79 Å². The highest BCUT2D eigenvalue weighted by atomic mass is 79.9. The molecule has 0 radical (unpaired) electrons. The van der Waals surface area contributed by atoms with Crippen LogP contribution in [0, 0.1) is 12.8 Å². The van der Waals surface area contributed by atoms with Crippen LogP contribution in [0.2, 0.25) is 0 Å².